The topological polar surface area (TPSA) is 158 Å². The molecular weight excluding hydrogens is 411 g/mol. The number of nitrogens with zero attached hydrogens (tertiary/aromatic N) is 4. The molecule has 6 N–H and O–H groups in total. The van der Waals surface area contributed by atoms with Crippen LogP contribution in [0.5, 0.6) is 5.75 Å². The summed E-state index contributed by atoms with van der Waals surface area (Å²) < 4.78 is 19.5. The molecule has 32 heavy (non-hydrogen) atoms. The number of aromatic nitrogens is 1. The summed E-state index contributed by atoms with van der Waals surface area (Å²) in [5, 5.41) is 23.7. The van der Waals surface area contributed by atoms with E-state index in [1.807, 2.05) is 6.07 Å². The van der Waals surface area contributed by atoms with E-state index in [0.29, 0.717) is 28.3 Å². The van der Waals surface area contributed by atoms with Crippen LogP contribution in [0.3, 0.4) is 0 Å². The molecule has 0 radical (unpaired) electrons. The normalized spacial score (nSPS) is 14.2. The van der Waals surface area contributed by atoms with Gasteiger partial charge in [-0.1, -0.05) is 30.3 Å². The minimum atomic E-state index is -0.650. The van der Waals surface area contributed by atoms with Crippen LogP contribution < -0.4 is 26.8 Å². The molecule has 2 heterocycles. The molecule has 0 saturated heterocycles. The first-order chi connectivity index (χ1) is 15.5. The highest BCUT2D eigenvalue weighted by molar-refractivity contribution is 5.98. The summed E-state index contributed by atoms with van der Waals surface area (Å²) in [5.74, 6) is 0.645. The lowest BCUT2D eigenvalue weighted by Gasteiger charge is -2.26. The van der Waals surface area contributed by atoms with Gasteiger partial charge in [0.25, 0.3) is 0 Å². The number of halogens is 1. The molecule has 0 fully saturated rings. The summed E-state index contributed by atoms with van der Waals surface area (Å²) in [5.41, 5.74) is 13.9. The monoisotopic (exact) mass is 428 g/mol. The molecule has 9 nitrogen and oxygen atoms in total. The average molecular weight is 428 g/mol. The first-order valence-electron chi connectivity index (χ1n) is 9.46. The Morgan fingerprint density at radius 2 is 1.88 bits per heavy atom. The number of nitrogens with one attached hydrogen (secondary N) is 2. The van der Waals surface area contributed by atoms with Gasteiger partial charge in [0.05, 0.1) is 5.69 Å². The third-order valence-electron chi connectivity index (χ3n) is 4.91. The molecule has 0 bridgehead atoms. The summed E-state index contributed by atoms with van der Waals surface area (Å²) in [6.07, 6.45) is 1.80. The zero-order valence-electron chi connectivity index (χ0n) is 16.6. The van der Waals surface area contributed by atoms with E-state index in [0.717, 1.165) is 0 Å². The Balaban J connectivity index is 1.66. The summed E-state index contributed by atoms with van der Waals surface area (Å²) in [7, 11) is 0. The molecule has 0 amide bonds. The van der Waals surface area contributed by atoms with Crippen molar-refractivity contribution in [3.8, 4) is 18.0 Å². The van der Waals surface area contributed by atoms with Crippen LogP contribution in [-0.2, 0) is 6.61 Å². The van der Waals surface area contributed by atoms with Crippen LogP contribution in [0, 0.1) is 28.6 Å². The van der Waals surface area contributed by atoms with Crippen LogP contribution in [0.1, 0.15) is 28.3 Å². The Morgan fingerprint density at radius 1 is 1.12 bits per heavy atom. The number of rotatable bonds is 4. The third-order valence-corrected chi connectivity index (χ3v) is 4.91. The molecule has 10 heteroatoms. The van der Waals surface area contributed by atoms with Crippen LogP contribution in [0.4, 0.5) is 21.7 Å². The van der Waals surface area contributed by atoms with Gasteiger partial charge in [0.1, 0.15) is 47.5 Å². The number of nitrogen functional groups attached to an aromatic ring is 2. The number of pyridine rings is 1. The lowest BCUT2D eigenvalue weighted by Crippen LogP contribution is -2.32. The largest absolute Gasteiger partial charge is 0.489 e. The fourth-order valence-corrected chi connectivity index (χ4v) is 3.34. The van der Waals surface area contributed by atoms with Gasteiger partial charge in [-0.25, -0.2) is 14.4 Å². The van der Waals surface area contributed by atoms with Gasteiger partial charge in [0.2, 0.25) is 5.96 Å². The highest BCUT2D eigenvalue weighted by Gasteiger charge is 2.29. The first kappa shape index (κ1) is 20.4. The van der Waals surface area contributed by atoms with E-state index in [1.165, 1.54) is 6.07 Å². The van der Waals surface area contributed by atoms with Gasteiger partial charge in [-0.2, -0.15) is 10.5 Å². The van der Waals surface area contributed by atoms with Crippen molar-refractivity contribution < 1.29 is 9.13 Å². The lowest BCUT2D eigenvalue weighted by molar-refractivity contribution is 0.300. The zero-order chi connectivity index (χ0) is 22.7. The molecule has 1 unspecified atom stereocenters. The van der Waals surface area contributed by atoms with Gasteiger partial charge in [-0.15, -0.1) is 0 Å². The van der Waals surface area contributed by atoms with Crippen molar-refractivity contribution >= 4 is 23.3 Å². The summed E-state index contributed by atoms with van der Waals surface area (Å²) in [6.45, 7) is 0.0816. The highest BCUT2D eigenvalue weighted by Crippen LogP contribution is 2.40. The van der Waals surface area contributed by atoms with E-state index in [-0.39, 0.29) is 35.5 Å². The Labute approximate surface area is 182 Å². The van der Waals surface area contributed by atoms with Gasteiger partial charge in [0.15, 0.2) is 6.19 Å². The van der Waals surface area contributed by atoms with Crippen LogP contribution in [0.25, 0.3) is 0 Å². The molecule has 0 saturated carbocycles. The van der Waals surface area contributed by atoms with E-state index in [9.17, 15) is 9.65 Å². The SMILES string of the molecule is N#CNC1=NC(c2ccc(OCc3ccccc3F)cc2)c2c(nc(N)c(C#N)c2N)N1. The molecule has 0 spiro atoms. The minimum absolute atomic E-state index is 0.0231. The number of guanidine groups is 1. The number of hydrogen-bond donors (Lipinski definition) is 4. The van der Waals surface area contributed by atoms with Crippen molar-refractivity contribution in [2.75, 3.05) is 16.8 Å². The van der Waals surface area contributed by atoms with Crippen molar-refractivity contribution in [1.29, 1.82) is 10.5 Å². The molecule has 3 aromatic rings. The van der Waals surface area contributed by atoms with Crippen molar-refractivity contribution in [2.24, 2.45) is 4.99 Å². The molecular formula is C22H17FN8O. The van der Waals surface area contributed by atoms with Crippen molar-refractivity contribution in [2.45, 2.75) is 12.6 Å². The third kappa shape index (κ3) is 3.80. The highest BCUT2D eigenvalue weighted by atomic mass is 19.1. The first-order valence-corrected chi connectivity index (χ1v) is 9.46. The smallest absolute Gasteiger partial charge is 0.211 e. The number of hydrogen-bond acceptors (Lipinski definition) is 9. The Kier molecular flexibility index (Phi) is 5.43. The number of ether oxygens (including phenoxy) is 1. The lowest BCUT2D eigenvalue weighted by atomic mass is 9.95. The average Bonchev–Trinajstić information content (AvgIpc) is 2.79. The number of nitriles is 2. The second kappa shape index (κ2) is 8.50. The number of fused-ring (bicyclic) bond motifs is 1. The molecule has 1 aliphatic heterocycles. The summed E-state index contributed by atoms with van der Waals surface area (Å²) in [4.78, 5) is 8.71. The summed E-state index contributed by atoms with van der Waals surface area (Å²) in [6, 6.07) is 14.7. The van der Waals surface area contributed by atoms with Gasteiger partial charge in [-0.3, -0.25) is 5.32 Å². The maximum absolute atomic E-state index is 13.8. The van der Waals surface area contributed by atoms with E-state index in [2.05, 4.69) is 20.6 Å². The fourth-order valence-electron chi connectivity index (χ4n) is 3.34. The fraction of sp³-hybridized carbons (Fsp3) is 0.0909. The number of anilines is 3. The Bertz CT molecular complexity index is 1290. The van der Waals surface area contributed by atoms with E-state index in [1.54, 1.807) is 48.7 Å². The Hall–Kier alpha value is -4.83. The molecule has 1 aliphatic rings. The predicted octanol–water partition coefficient (Wildman–Crippen LogP) is 2.78. The van der Waals surface area contributed by atoms with Crippen LogP contribution in [0.2, 0.25) is 0 Å². The van der Waals surface area contributed by atoms with E-state index < -0.39 is 6.04 Å². The van der Waals surface area contributed by atoms with Gasteiger partial charge < -0.3 is 21.5 Å². The predicted molar refractivity (Wildman–Crippen MR) is 117 cm³/mol. The van der Waals surface area contributed by atoms with E-state index in [4.69, 9.17) is 21.5 Å². The minimum Gasteiger partial charge on any atom is -0.489 e. The second-order valence-electron chi connectivity index (χ2n) is 6.85. The van der Waals surface area contributed by atoms with Crippen molar-refractivity contribution in [3.63, 3.8) is 0 Å². The maximum Gasteiger partial charge on any atom is 0.211 e. The molecule has 158 valence electrons. The van der Waals surface area contributed by atoms with Crippen molar-refractivity contribution in [1.82, 2.24) is 10.3 Å². The molecule has 1 atom stereocenters. The molecule has 4 rings (SSSR count). The number of nitrogens with two attached hydrogens (primary N) is 2. The maximum atomic E-state index is 13.8. The Morgan fingerprint density at radius 3 is 2.56 bits per heavy atom. The quantitative estimate of drug-likeness (QED) is 0.365. The van der Waals surface area contributed by atoms with Gasteiger partial charge in [-0.05, 0) is 23.8 Å². The van der Waals surface area contributed by atoms with Crippen LogP contribution in [0.15, 0.2) is 53.5 Å². The van der Waals surface area contributed by atoms with E-state index >= 15 is 0 Å². The van der Waals surface area contributed by atoms with Crippen LogP contribution >= 0.6 is 0 Å². The van der Waals surface area contributed by atoms with Crippen LogP contribution in [-0.4, -0.2) is 10.9 Å². The molecule has 0 aliphatic carbocycles. The van der Waals surface area contributed by atoms with Gasteiger partial charge >= 0.3 is 0 Å². The zero-order valence-corrected chi connectivity index (χ0v) is 16.6. The van der Waals surface area contributed by atoms with Crippen molar-refractivity contribution in [3.05, 3.63) is 76.6 Å². The summed E-state index contributed by atoms with van der Waals surface area (Å²) >= 11 is 0. The van der Waals surface area contributed by atoms with Gasteiger partial charge in [0, 0.05) is 11.1 Å². The molecule has 1 aromatic heterocycles. The second-order valence-corrected chi connectivity index (χ2v) is 6.85. The molecule has 2 aromatic carbocycles. The number of aliphatic imine (C=N–C) groups is 1. The number of benzene rings is 2. The standard InChI is InChI=1S/C22H17FN8O/c23-16-4-2-1-3-13(16)10-32-14-7-5-12(6-8-14)19-17-18(26)15(9-24)20(27)30-21(17)31-22(29-19)28-11-25/h1-8,19H,10H2,(H6,26,27,28,29,30,31).